The number of amides is 1. The van der Waals surface area contributed by atoms with E-state index in [0.717, 1.165) is 29.9 Å². The van der Waals surface area contributed by atoms with Crippen molar-refractivity contribution in [2.45, 2.75) is 36.0 Å². The molecule has 136 valence electrons. The SMILES string of the molecule is O=C(NC1CCCc2ccccc21)c1ccc(SCc2cccnc2)cc1. The normalized spacial score (nSPS) is 15.8. The molecule has 2 aromatic carbocycles. The van der Waals surface area contributed by atoms with Crippen LogP contribution in [0.5, 0.6) is 0 Å². The molecule has 0 radical (unpaired) electrons. The predicted molar refractivity (Wildman–Crippen MR) is 110 cm³/mol. The average Bonchev–Trinajstić information content (AvgIpc) is 2.74. The average molecular weight is 375 g/mol. The Morgan fingerprint density at radius 1 is 1.07 bits per heavy atom. The van der Waals surface area contributed by atoms with Gasteiger partial charge in [0.05, 0.1) is 6.04 Å². The zero-order valence-electron chi connectivity index (χ0n) is 15.1. The van der Waals surface area contributed by atoms with Gasteiger partial charge in [-0.1, -0.05) is 30.3 Å². The number of pyridine rings is 1. The van der Waals surface area contributed by atoms with Gasteiger partial charge in [-0.2, -0.15) is 0 Å². The standard InChI is InChI=1S/C23H22N2OS/c26-23(25-22-9-3-7-18-6-1-2-8-21(18)22)19-10-12-20(13-11-19)27-16-17-5-4-14-24-15-17/h1-2,4-6,8,10-15,22H,3,7,9,16H2,(H,25,26). The van der Waals surface area contributed by atoms with Crippen LogP contribution in [0.25, 0.3) is 0 Å². The summed E-state index contributed by atoms with van der Waals surface area (Å²) in [5.74, 6) is 0.874. The molecule has 1 heterocycles. The highest BCUT2D eigenvalue weighted by Gasteiger charge is 2.21. The van der Waals surface area contributed by atoms with Crippen molar-refractivity contribution in [3.63, 3.8) is 0 Å². The highest BCUT2D eigenvalue weighted by molar-refractivity contribution is 7.98. The summed E-state index contributed by atoms with van der Waals surface area (Å²) < 4.78 is 0. The van der Waals surface area contributed by atoms with E-state index in [9.17, 15) is 4.79 Å². The van der Waals surface area contributed by atoms with Crippen LogP contribution in [-0.4, -0.2) is 10.9 Å². The molecule has 3 aromatic rings. The molecule has 0 spiro atoms. The Labute approximate surface area is 164 Å². The fourth-order valence-corrected chi connectivity index (χ4v) is 4.33. The second-order valence-electron chi connectivity index (χ2n) is 6.79. The highest BCUT2D eigenvalue weighted by Crippen LogP contribution is 2.30. The molecule has 1 amide bonds. The number of nitrogens with one attached hydrogen (secondary N) is 1. The summed E-state index contributed by atoms with van der Waals surface area (Å²) in [6.45, 7) is 0. The maximum absolute atomic E-state index is 12.7. The van der Waals surface area contributed by atoms with E-state index in [2.05, 4.69) is 40.6 Å². The van der Waals surface area contributed by atoms with E-state index in [1.165, 1.54) is 16.7 Å². The molecule has 1 atom stereocenters. The number of hydrogen-bond donors (Lipinski definition) is 1. The van der Waals surface area contributed by atoms with Crippen molar-refractivity contribution in [1.82, 2.24) is 10.3 Å². The van der Waals surface area contributed by atoms with Crippen LogP contribution in [0.1, 0.15) is 45.9 Å². The quantitative estimate of drug-likeness (QED) is 0.626. The lowest BCUT2D eigenvalue weighted by Crippen LogP contribution is -2.30. The molecule has 0 aliphatic heterocycles. The van der Waals surface area contributed by atoms with E-state index in [-0.39, 0.29) is 11.9 Å². The third kappa shape index (κ3) is 4.40. The monoisotopic (exact) mass is 374 g/mol. The minimum atomic E-state index is 0.000474. The number of aromatic nitrogens is 1. The van der Waals surface area contributed by atoms with E-state index in [1.807, 2.05) is 36.5 Å². The Morgan fingerprint density at radius 3 is 2.74 bits per heavy atom. The van der Waals surface area contributed by atoms with Gasteiger partial charge in [0.15, 0.2) is 0 Å². The van der Waals surface area contributed by atoms with Gasteiger partial charge < -0.3 is 5.32 Å². The smallest absolute Gasteiger partial charge is 0.251 e. The van der Waals surface area contributed by atoms with Crippen molar-refractivity contribution in [3.8, 4) is 0 Å². The first-order valence-electron chi connectivity index (χ1n) is 9.30. The van der Waals surface area contributed by atoms with E-state index in [4.69, 9.17) is 0 Å². The molecular weight excluding hydrogens is 352 g/mol. The number of carbonyl (C=O) groups is 1. The molecular formula is C23H22N2OS. The largest absolute Gasteiger partial charge is 0.345 e. The highest BCUT2D eigenvalue weighted by atomic mass is 32.2. The second-order valence-corrected chi connectivity index (χ2v) is 7.84. The van der Waals surface area contributed by atoms with Crippen LogP contribution in [0.3, 0.4) is 0 Å². The van der Waals surface area contributed by atoms with Crippen LogP contribution >= 0.6 is 11.8 Å². The van der Waals surface area contributed by atoms with Crippen LogP contribution in [0, 0.1) is 0 Å². The fraction of sp³-hybridized carbons (Fsp3) is 0.217. The van der Waals surface area contributed by atoms with Gasteiger partial charge in [-0.3, -0.25) is 9.78 Å². The summed E-state index contributed by atoms with van der Waals surface area (Å²) in [6.07, 6.45) is 6.89. The van der Waals surface area contributed by atoms with Crippen LogP contribution in [0.15, 0.2) is 78.0 Å². The van der Waals surface area contributed by atoms with Gasteiger partial charge in [0.2, 0.25) is 0 Å². The van der Waals surface area contributed by atoms with Crippen molar-refractivity contribution >= 4 is 17.7 Å². The number of rotatable bonds is 5. The van der Waals surface area contributed by atoms with Gasteiger partial charge in [0.1, 0.15) is 0 Å². The first-order valence-corrected chi connectivity index (χ1v) is 10.3. The maximum atomic E-state index is 12.7. The lowest BCUT2D eigenvalue weighted by molar-refractivity contribution is 0.0932. The van der Waals surface area contributed by atoms with E-state index >= 15 is 0 Å². The molecule has 1 aliphatic carbocycles. The summed E-state index contributed by atoms with van der Waals surface area (Å²) in [6, 6.07) is 20.4. The van der Waals surface area contributed by atoms with Gasteiger partial charge in [-0.05, 0) is 66.3 Å². The Morgan fingerprint density at radius 2 is 1.93 bits per heavy atom. The Hall–Kier alpha value is -2.59. The zero-order valence-corrected chi connectivity index (χ0v) is 15.9. The molecule has 0 saturated carbocycles. The Bertz CT molecular complexity index is 909. The molecule has 0 bridgehead atoms. The number of hydrogen-bond acceptors (Lipinski definition) is 3. The molecule has 3 nitrogen and oxygen atoms in total. The van der Waals surface area contributed by atoms with Gasteiger partial charge in [-0.25, -0.2) is 0 Å². The van der Waals surface area contributed by atoms with E-state index in [1.54, 1.807) is 18.0 Å². The molecule has 4 rings (SSSR count). The van der Waals surface area contributed by atoms with Crippen molar-refractivity contribution in [3.05, 3.63) is 95.3 Å². The molecule has 1 N–H and O–H groups in total. The minimum Gasteiger partial charge on any atom is -0.345 e. The van der Waals surface area contributed by atoms with Crippen molar-refractivity contribution < 1.29 is 4.79 Å². The lowest BCUT2D eigenvalue weighted by Gasteiger charge is -2.26. The summed E-state index contributed by atoms with van der Waals surface area (Å²) in [5, 5.41) is 3.21. The second kappa shape index (κ2) is 8.40. The summed E-state index contributed by atoms with van der Waals surface area (Å²) >= 11 is 1.75. The lowest BCUT2D eigenvalue weighted by atomic mass is 9.87. The van der Waals surface area contributed by atoms with Gasteiger partial charge in [-0.15, -0.1) is 11.8 Å². The number of fused-ring (bicyclic) bond motifs is 1. The summed E-state index contributed by atoms with van der Waals surface area (Å²) in [4.78, 5) is 18.0. The van der Waals surface area contributed by atoms with Crippen molar-refractivity contribution in [2.24, 2.45) is 0 Å². The number of thioether (sulfide) groups is 1. The number of carbonyl (C=O) groups excluding carboxylic acids is 1. The first kappa shape index (κ1) is 17.8. The van der Waals surface area contributed by atoms with E-state index < -0.39 is 0 Å². The number of nitrogens with zero attached hydrogens (tertiary/aromatic N) is 1. The summed E-state index contributed by atoms with van der Waals surface area (Å²) in [7, 11) is 0. The fourth-order valence-electron chi connectivity index (χ4n) is 3.50. The molecule has 1 aliphatic rings. The molecule has 1 aromatic heterocycles. The predicted octanol–water partition coefficient (Wildman–Crippen LogP) is 5.18. The van der Waals surface area contributed by atoms with E-state index in [0.29, 0.717) is 5.56 Å². The molecule has 0 fully saturated rings. The zero-order chi connectivity index (χ0) is 18.5. The molecule has 0 saturated heterocycles. The van der Waals surface area contributed by atoms with Gasteiger partial charge >= 0.3 is 0 Å². The van der Waals surface area contributed by atoms with Crippen molar-refractivity contribution in [1.29, 1.82) is 0 Å². The Kier molecular flexibility index (Phi) is 5.54. The van der Waals surface area contributed by atoms with Gasteiger partial charge in [0.25, 0.3) is 5.91 Å². The van der Waals surface area contributed by atoms with Crippen LogP contribution in [0.4, 0.5) is 0 Å². The first-order chi connectivity index (χ1) is 13.3. The number of aryl methyl sites for hydroxylation is 1. The molecule has 4 heteroatoms. The third-order valence-electron chi connectivity index (χ3n) is 4.92. The van der Waals surface area contributed by atoms with Crippen LogP contribution < -0.4 is 5.32 Å². The molecule has 1 unspecified atom stereocenters. The Balaban J connectivity index is 1.38. The minimum absolute atomic E-state index is 0.000474. The number of benzene rings is 2. The van der Waals surface area contributed by atoms with Crippen LogP contribution in [0.2, 0.25) is 0 Å². The molecule has 27 heavy (non-hydrogen) atoms. The maximum Gasteiger partial charge on any atom is 0.251 e. The third-order valence-corrected chi connectivity index (χ3v) is 6.00. The topological polar surface area (TPSA) is 42.0 Å². The summed E-state index contributed by atoms with van der Waals surface area (Å²) in [5.41, 5.74) is 4.53. The van der Waals surface area contributed by atoms with Crippen LogP contribution in [-0.2, 0) is 12.2 Å². The van der Waals surface area contributed by atoms with Crippen molar-refractivity contribution in [2.75, 3.05) is 0 Å². The van der Waals surface area contributed by atoms with Gasteiger partial charge in [0, 0.05) is 28.6 Å².